The first kappa shape index (κ1) is 19.2. The number of aryl methyl sites for hydroxylation is 1. The minimum absolute atomic E-state index is 0.0856. The summed E-state index contributed by atoms with van der Waals surface area (Å²) in [6.07, 6.45) is -2.59. The Bertz CT molecular complexity index is 816. The van der Waals surface area contributed by atoms with Crippen molar-refractivity contribution in [3.8, 4) is 0 Å². The van der Waals surface area contributed by atoms with E-state index >= 15 is 0 Å². The predicted octanol–water partition coefficient (Wildman–Crippen LogP) is 2.38. The van der Waals surface area contributed by atoms with Gasteiger partial charge in [-0.1, -0.05) is 13.8 Å². The lowest BCUT2D eigenvalue weighted by molar-refractivity contribution is -0.141. The van der Waals surface area contributed by atoms with Crippen molar-refractivity contribution in [3.05, 3.63) is 23.3 Å². The Morgan fingerprint density at radius 1 is 1.33 bits per heavy atom. The van der Waals surface area contributed by atoms with Gasteiger partial charge in [0.2, 0.25) is 5.89 Å². The molecule has 11 heteroatoms. The Kier molecular flexibility index (Phi) is 4.87. The van der Waals surface area contributed by atoms with Gasteiger partial charge in [-0.25, -0.2) is 0 Å². The first-order valence-electron chi connectivity index (χ1n) is 8.52. The van der Waals surface area contributed by atoms with Crippen LogP contribution in [0.3, 0.4) is 0 Å². The Labute approximate surface area is 153 Å². The van der Waals surface area contributed by atoms with Crippen LogP contribution in [-0.2, 0) is 19.8 Å². The quantitative estimate of drug-likeness (QED) is 0.868. The zero-order valence-electron chi connectivity index (χ0n) is 15.3. The molecule has 27 heavy (non-hydrogen) atoms. The summed E-state index contributed by atoms with van der Waals surface area (Å²) < 4.78 is 44.0. The number of hydrogen-bond acceptors (Lipinski definition) is 6. The number of carbonyl (C=O) groups is 1. The van der Waals surface area contributed by atoms with Gasteiger partial charge in [0.05, 0.1) is 6.54 Å². The molecule has 8 nitrogen and oxygen atoms in total. The fraction of sp³-hybridized carbons (Fsp3) is 0.625. The summed E-state index contributed by atoms with van der Waals surface area (Å²) in [5.41, 5.74) is -1.04. The van der Waals surface area contributed by atoms with Crippen LogP contribution in [-0.4, -0.2) is 38.9 Å². The van der Waals surface area contributed by atoms with Crippen LogP contribution < -0.4 is 10.2 Å². The molecule has 1 N–H and O–H groups in total. The second-order valence-corrected chi connectivity index (χ2v) is 7.36. The van der Waals surface area contributed by atoms with Crippen molar-refractivity contribution in [2.45, 2.75) is 39.4 Å². The van der Waals surface area contributed by atoms with Gasteiger partial charge in [0.25, 0.3) is 11.9 Å². The fourth-order valence-electron chi connectivity index (χ4n) is 2.82. The minimum Gasteiger partial charge on any atom is -0.342 e. The van der Waals surface area contributed by atoms with E-state index in [-0.39, 0.29) is 23.5 Å². The third-order valence-corrected chi connectivity index (χ3v) is 4.66. The molecular formula is C16H21F3N6O2. The zero-order chi connectivity index (χ0) is 19.8. The van der Waals surface area contributed by atoms with E-state index in [1.165, 1.54) is 7.05 Å². The number of nitrogens with one attached hydrogen (secondary N) is 1. The van der Waals surface area contributed by atoms with Gasteiger partial charge < -0.3 is 14.7 Å². The predicted molar refractivity (Wildman–Crippen MR) is 88.9 cm³/mol. The van der Waals surface area contributed by atoms with Gasteiger partial charge in [0.15, 0.2) is 5.69 Å². The Morgan fingerprint density at radius 3 is 2.59 bits per heavy atom. The number of halogens is 3. The van der Waals surface area contributed by atoms with Crippen molar-refractivity contribution in [1.82, 2.24) is 25.2 Å². The number of alkyl halides is 3. The SMILES string of the molecule is Cn1nc(C(F)(F)F)cc1C(=O)NCc1nc(N2CCC(C)(C)CC2)no1. The largest absolute Gasteiger partial charge is 0.435 e. The number of aromatic nitrogens is 4. The highest BCUT2D eigenvalue weighted by molar-refractivity contribution is 5.92. The average Bonchev–Trinajstić information content (AvgIpc) is 3.19. The van der Waals surface area contributed by atoms with Crippen LogP contribution in [0.4, 0.5) is 19.1 Å². The summed E-state index contributed by atoms with van der Waals surface area (Å²) in [6, 6.07) is 0.698. The molecule has 1 fully saturated rings. The molecule has 0 atom stereocenters. The van der Waals surface area contributed by atoms with E-state index in [9.17, 15) is 18.0 Å². The summed E-state index contributed by atoms with van der Waals surface area (Å²) in [4.78, 5) is 18.4. The first-order chi connectivity index (χ1) is 12.5. The van der Waals surface area contributed by atoms with Crippen molar-refractivity contribution < 1.29 is 22.5 Å². The number of piperidine rings is 1. The molecule has 2 aromatic heterocycles. The van der Waals surface area contributed by atoms with E-state index in [0.717, 1.165) is 30.6 Å². The number of amides is 1. The van der Waals surface area contributed by atoms with Crippen LogP contribution in [0.2, 0.25) is 0 Å². The highest BCUT2D eigenvalue weighted by Crippen LogP contribution is 2.31. The molecule has 148 valence electrons. The number of anilines is 1. The molecule has 3 rings (SSSR count). The molecule has 3 heterocycles. The molecule has 1 saturated heterocycles. The van der Waals surface area contributed by atoms with Gasteiger partial charge in [-0.15, -0.1) is 0 Å². The molecule has 0 radical (unpaired) electrons. The fourth-order valence-corrected chi connectivity index (χ4v) is 2.82. The summed E-state index contributed by atoms with van der Waals surface area (Å²) >= 11 is 0. The number of hydrogen-bond donors (Lipinski definition) is 1. The summed E-state index contributed by atoms with van der Waals surface area (Å²) in [5, 5.41) is 9.69. The Balaban J connectivity index is 1.59. The molecule has 0 saturated carbocycles. The lowest BCUT2D eigenvalue weighted by Crippen LogP contribution is -2.37. The van der Waals surface area contributed by atoms with Crippen molar-refractivity contribution in [3.63, 3.8) is 0 Å². The van der Waals surface area contributed by atoms with Crippen LogP contribution in [0, 0.1) is 5.41 Å². The molecule has 1 aliphatic rings. The lowest BCUT2D eigenvalue weighted by Gasteiger charge is -2.36. The van der Waals surface area contributed by atoms with E-state index in [0.29, 0.717) is 12.0 Å². The first-order valence-corrected chi connectivity index (χ1v) is 8.52. The molecular weight excluding hydrogens is 365 g/mol. The molecule has 0 aromatic carbocycles. The topological polar surface area (TPSA) is 89.1 Å². The molecule has 0 unspecified atom stereocenters. The molecule has 0 aliphatic carbocycles. The Morgan fingerprint density at radius 2 is 2.00 bits per heavy atom. The molecule has 0 bridgehead atoms. The van der Waals surface area contributed by atoms with Crippen molar-refractivity contribution >= 4 is 11.9 Å². The van der Waals surface area contributed by atoms with Crippen LogP contribution in [0.5, 0.6) is 0 Å². The van der Waals surface area contributed by atoms with E-state index in [2.05, 4.69) is 34.4 Å². The monoisotopic (exact) mass is 386 g/mol. The maximum atomic E-state index is 12.7. The van der Waals surface area contributed by atoms with Crippen LogP contribution >= 0.6 is 0 Å². The molecule has 0 spiro atoms. The second kappa shape index (κ2) is 6.86. The van der Waals surface area contributed by atoms with E-state index < -0.39 is 17.8 Å². The van der Waals surface area contributed by atoms with Gasteiger partial charge in [-0.2, -0.15) is 23.3 Å². The van der Waals surface area contributed by atoms with Crippen LogP contribution in [0.25, 0.3) is 0 Å². The lowest BCUT2D eigenvalue weighted by atomic mass is 9.83. The molecule has 2 aromatic rings. The number of rotatable bonds is 4. The summed E-state index contributed by atoms with van der Waals surface area (Å²) in [5.74, 6) is -0.0731. The van der Waals surface area contributed by atoms with Gasteiger partial charge in [0.1, 0.15) is 5.69 Å². The minimum atomic E-state index is -4.61. The maximum Gasteiger partial charge on any atom is 0.435 e. The highest BCUT2D eigenvalue weighted by atomic mass is 19.4. The second-order valence-electron chi connectivity index (χ2n) is 7.36. The van der Waals surface area contributed by atoms with Gasteiger partial charge in [0, 0.05) is 26.2 Å². The maximum absolute atomic E-state index is 12.7. The zero-order valence-corrected chi connectivity index (χ0v) is 15.3. The van der Waals surface area contributed by atoms with Gasteiger partial charge >= 0.3 is 6.18 Å². The van der Waals surface area contributed by atoms with Gasteiger partial charge in [-0.05, 0) is 23.4 Å². The van der Waals surface area contributed by atoms with Crippen LogP contribution in [0.1, 0.15) is 48.8 Å². The van der Waals surface area contributed by atoms with E-state index in [1.807, 2.05) is 4.90 Å². The third-order valence-electron chi connectivity index (χ3n) is 4.66. The number of nitrogens with zero attached hydrogens (tertiary/aromatic N) is 5. The average molecular weight is 386 g/mol. The smallest absolute Gasteiger partial charge is 0.342 e. The third kappa shape index (κ3) is 4.40. The molecule has 1 aliphatic heterocycles. The standard InChI is InChI=1S/C16H21F3N6O2/c1-15(2)4-6-25(7-5-15)14-21-12(27-23-14)9-20-13(26)10-8-11(16(17,18)19)22-24(10)3/h8H,4-7,9H2,1-3H3,(H,20,26). The highest BCUT2D eigenvalue weighted by Gasteiger charge is 2.35. The van der Waals surface area contributed by atoms with E-state index in [4.69, 9.17) is 4.52 Å². The van der Waals surface area contributed by atoms with Gasteiger partial charge in [-0.3, -0.25) is 9.48 Å². The van der Waals surface area contributed by atoms with E-state index in [1.54, 1.807) is 0 Å². The summed E-state index contributed by atoms with van der Waals surface area (Å²) in [6.45, 7) is 5.97. The normalized spacial score (nSPS) is 17.2. The van der Waals surface area contributed by atoms with Crippen molar-refractivity contribution in [2.24, 2.45) is 12.5 Å². The number of carbonyl (C=O) groups excluding carboxylic acids is 1. The van der Waals surface area contributed by atoms with Crippen molar-refractivity contribution in [1.29, 1.82) is 0 Å². The molecule has 1 amide bonds. The van der Waals surface area contributed by atoms with Crippen molar-refractivity contribution in [2.75, 3.05) is 18.0 Å². The van der Waals surface area contributed by atoms with Crippen LogP contribution in [0.15, 0.2) is 10.6 Å². The summed E-state index contributed by atoms with van der Waals surface area (Å²) in [7, 11) is 1.27. The Hall–Kier alpha value is -2.59.